The lowest BCUT2D eigenvalue weighted by molar-refractivity contribution is -0.116. The number of carbonyl (C=O) groups is 1. The molecule has 1 aliphatic rings. The SMILES string of the molecule is C=CCSc1nc2c(c(=O)[nH]1)[C@H](c1ccccc1Br)CC(=O)N2. The van der Waals surface area contributed by atoms with Gasteiger partial charge in [0.05, 0.1) is 5.56 Å². The molecule has 5 nitrogen and oxygen atoms in total. The second-order valence-corrected chi connectivity index (χ2v) is 6.92. The predicted molar refractivity (Wildman–Crippen MR) is 95.0 cm³/mol. The molecular weight excluding hydrogens is 378 g/mol. The van der Waals surface area contributed by atoms with Crippen molar-refractivity contribution < 1.29 is 4.79 Å². The molecule has 118 valence electrons. The third kappa shape index (κ3) is 3.25. The van der Waals surface area contributed by atoms with Crippen molar-refractivity contribution in [3.8, 4) is 0 Å². The lowest BCUT2D eigenvalue weighted by Gasteiger charge is -2.25. The molecule has 2 N–H and O–H groups in total. The molecule has 0 unspecified atom stereocenters. The van der Waals surface area contributed by atoms with Crippen molar-refractivity contribution in [3.05, 3.63) is 62.9 Å². The van der Waals surface area contributed by atoms with Crippen LogP contribution in [0.15, 0.2) is 51.3 Å². The normalized spacial score (nSPS) is 16.6. The highest BCUT2D eigenvalue weighted by Gasteiger charge is 2.31. The second kappa shape index (κ2) is 6.72. The van der Waals surface area contributed by atoms with Gasteiger partial charge in [-0.2, -0.15) is 0 Å². The molecule has 0 saturated heterocycles. The average Bonchev–Trinajstić information content (AvgIpc) is 2.52. The Bertz CT molecular complexity index is 834. The summed E-state index contributed by atoms with van der Waals surface area (Å²) >= 11 is 4.86. The Morgan fingerprint density at radius 1 is 1.39 bits per heavy atom. The van der Waals surface area contributed by atoms with E-state index in [0.29, 0.717) is 22.3 Å². The number of benzene rings is 1. The number of hydrogen-bond acceptors (Lipinski definition) is 4. The number of rotatable bonds is 4. The Kier molecular flexibility index (Phi) is 4.68. The summed E-state index contributed by atoms with van der Waals surface area (Å²) in [5, 5.41) is 3.19. The number of hydrogen-bond donors (Lipinski definition) is 2. The molecule has 1 aromatic carbocycles. The monoisotopic (exact) mass is 391 g/mol. The third-order valence-corrected chi connectivity index (χ3v) is 5.14. The number of fused-ring (bicyclic) bond motifs is 1. The number of carbonyl (C=O) groups excluding carboxylic acids is 1. The van der Waals surface area contributed by atoms with E-state index in [9.17, 15) is 9.59 Å². The van der Waals surface area contributed by atoms with Crippen molar-refractivity contribution in [1.29, 1.82) is 0 Å². The Morgan fingerprint density at radius 3 is 2.91 bits per heavy atom. The molecule has 0 radical (unpaired) electrons. The van der Waals surface area contributed by atoms with E-state index in [2.05, 4.69) is 37.8 Å². The minimum Gasteiger partial charge on any atom is -0.310 e. The maximum atomic E-state index is 12.5. The summed E-state index contributed by atoms with van der Waals surface area (Å²) in [7, 11) is 0. The van der Waals surface area contributed by atoms with E-state index < -0.39 is 0 Å². The molecule has 1 aliphatic heterocycles. The largest absolute Gasteiger partial charge is 0.310 e. The average molecular weight is 392 g/mol. The molecular formula is C16H14BrN3O2S. The zero-order valence-electron chi connectivity index (χ0n) is 12.1. The summed E-state index contributed by atoms with van der Waals surface area (Å²) in [5.74, 6) is 0.515. The van der Waals surface area contributed by atoms with Gasteiger partial charge in [-0.15, -0.1) is 6.58 Å². The highest BCUT2D eigenvalue weighted by molar-refractivity contribution is 9.10. The van der Waals surface area contributed by atoms with Crippen LogP contribution in [0.3, 0.4) is 0 Å². The Hall–Kier alpha value is -1.86. The zero-order chi connectivity index (χ0) is 16.4. The molecule has 23 heavy (non-hydrogen) atoms. The standard InChI is InChI=1S/C16H14BrN3O2S/c1-2-7-23-16-19-14-13(15(22)20-16)10(8-12(21)18-14)9-5-3-4-6-11(9)17/h2-6,10H,1,7-8H2,(H2,18,19,20,21,22)/t10-/m0/s1. The highest BCUT2D eigenvalue weighted by Crippen LogP contribution is 2.37. The fourth-order valence-corrected chi connectivity index (χ4v) is 3.74. The van der Waals surface area contributed by atoms with Gasteiger partial charge in [0.1, 0.15) is 5.82 Å². The molecule has 0 bridgehead atoms. The van der Waals surface area contributed by atoms with Gasteiger partial charge in [0.2, 0.25) is 5.91 Å². The summed E-state index contributed by atoms with van der Waals surface area (Å²) in [6.07, 6.45) is 1.95. The van der Waals surface area contributed by atoms with Gasteiger partial charge in [-0.05, 0) is 11.6 Å². The van der Waals surface area contributed by atoms with Crippen molar-refractivity contribution in [3.63, 3.8) is 0 Å². The maximum Gasteiger partial charge on any atom is 0.257 e. The van der Waals surface area contributed by atoms with Crippen LogP contribution in [0.5, 0.6) is 0 Å². The van der Waals surface area contributed by atoms with Crippen LogP contribution in [0.1, 0.15) is 23.5 Å². The molecule has 1 aromatic heterocycles. The number of aromatic nitrogens is 2. The number of thioether (sulfide) groups is 1. The number of halogens is 1. The molecule has 2 aromatic rings. The van der Waals surface area contributed by atoms with Crippen molar-refractivity contribution in [2.75, 3.05) is 11.1 Å². The van der Waals surface area contributed by atoms with Crippen LogP contribution in [0.2, 0.25) is 0 Å². The first-order chi connectivity index (χ1) is 11.1. The minimum atomic E-state index is -0.316. The highest BCUT2D eigenvalue weighted by atomic mass is 79.9. The van der Waals surface area contributed by atoms with Crippen LogP contribution in [0, 0.1) is 0 Å². The van der Waals surface area contributed by atoms with E-state index in [0.717, 1.165) is 10.0 Å². The third-order valence-electron chi connectivity index (χ3n) is 3.55. The van der Waals surface area contributed by atoms with E-state index >= 15 is 0 Å². The molecule has 0 fully saturated rings. The van der Waals surface area contributed by atoms with E-state index in [1.807, 2.05) is 24.3 Å². The molecule has 0 spiro atoms. The zero-order valence-corrected chi connectivity index (χ0v) is 14.5. The number of nitrogens with zero attached hydrogens (tertiary/aromatic N) is 1. The molecule has 2 heterocycles. The lowest BCUT2D eigenvalue weighted by Crippen LogP contribution is -2.31. The molecule has 1 amide bonds. The molecule has 0 saturated carbocycles. The van der Waals surface area contributed by atoms with Crippen LogP contribution in [0.4, 0.5) is 5.82 Å². The van der Waals surface area contributed by atoms with Crippen molar-refractivity contribution in [2.45, 2.75) is 17.5 Å². The van der Waals surface area contributed by atoms with Crippen LogP contribution in [-0.2, 0) is 4.79 Å². The van der Waals surface area contributed by atoms with E-state index in [1.165, 1.54) is 11.8 Å². The van der Waals surface area contributed by atoms with Crippen molar-refractivity contribution in [2.24, 2.45) is 0 Å². The fourth-order valence-electron chi connectivity index (χ4n) is 2.58. The number of nitrogens with one attached hydrogen (secondary N) is 2. The van der Waals surface area contributed by atoms with Gasteiger partial charge < -0.3 is 10.3 Å². The Labute approximate surface area is 145 Å². The van der Waals surface area contributed by atoms with Crippen LogP contribution >= 0.6 is 27.7 Å². The predicted octanol–water partition coefficient (Wildman–Crippen LogP) is 3.28. The minimum absolute atomic E-state index is 0.143. The number of anilines is 1. The lowest BCUT2D eigenvalue weighted by atomic mass is 9.87. The van der Waals surface area contributed by atoms with Gasteiger partial charge in [-0.25, -0.2) is 4.98 Å². The van der Waals surface area contributed by atoms with Crippen molar-refractivity contribution >= 4 is 39.4 Å². The first-order valence-corrected chi connectivity index (χ1v) is 8.80. The molecule has 7 heteroatoms. The second-order valence-electron chi connectivity index (χ2n) is 5.06. The van der Waals surface area contributed by atoms with Gasteiger partial charge in [0.15, 0.2) is 5.16 Å². The Morgan fingerprint density at radius 2 is 2.17 bits per heavy atom. The van der Waals surface area contributed by atoms with Gasteiger partial charge in [0, 0.05) is 22.6 Å². The number of amides is 1. The summed E-state index contributed by atoms with van der Waals surface area (Å²) in [6.45, 7) is 3.64. The fraction of sp³-hybridized carbons (Fsp3) is 0.188. The van der Waals surface area contributed by atoms with Crippen molar-refractivity contribution in [1.82, 2.24) is 9.97 Å². The molecule has 3 rings (SSSR count). The first kappa shape index (κ1) is 16.0. The van der Waals surface area contributed by atoms with E-state index in [4.69, 9.17) is 0 Å². The van der Waals surface area contributed by atoms with Gasteiger partial charge in [0.25, 0.3) is 5.56 Å². The van der Waals surface area contributed by atoms with Crippen LogP contribution in [0.25, 0.3) is 0 Å². The van der Waals surface area contributed by atoms with Crippen LogP contribution in [-0.4, -0.2) is 21.6 Å². The smallest absolute Gasteiger partial charge is 0.257 e. The Balaban J connectivity index is 2.11. The van der Waals surface area contributed by atoms with Gasteiger partial charge >= 0.3 is 0 Å². The molecule has 0 aliphatic carbocycles. The molecule has 1 atom stereocenters. The quantitative estimate of drug-likeness (QED) is 0.476. The topological polar surface area (TPSA) is 74.8 Å². The summed E-state index contributed by atoms with van der Waals surface area (Å²) in [4.78, 5) is 31.8. The maximum absolute atomic E-state index is 12.5. The van der Waals surface area contributed by atoms with Gasteiger partial charge in [-0.1, -0.05) is 52.0 Å². The summed E-state index contributed by atoms with van der Waals surface area (Å²) in [6, 6.07) is 7.60. The number of H-pyrrole nitrogens is 1. The number of aromatic amines is 1. The first-order valence-electron chi connectivity index (χ1n) is 7.02. The van der Waals surface area contributed by atoms with Crippen LogP contribution < -0.4 is 10.9 Å². The summed E-state index contributed by atoms with van der Waals surface area (Å²) < 4.78 is 0.871. The summed E-state index contributed by atoms with van der Waals surface area (Å²) in [5.41, 5.74) is 1.18. The van der Waals surface area contributed by atoms with Gasteiger partial charge in [-0.3, -0.25) is 9.59 Å². The van der Waals surface area contributed by atoms with E-state index in [-0.39, 0.29) is 23.8 Å². The van der Waals surface area contributed by atoms with E-state index in [1.54, 1.807) is 6.08 Å².